The van der Waals surface area contributed by atoms with Crippen molar-refractivity contribution in [2.45, 2.75) is 0 Å². The normalized spacial score (nSPS) is 10.8. The first-order chi connectivity index (χ1) is 14.7. The molecule has 8 heteroatoms. The van der Waals surface area contributed by atoms with Crippen molar-refractivity contribution in [1.29, 1.82) is 0 Å². The van der Waals surface area contributed by atoms with E-state index < -0.39 is 5.97 Å². The van der Waals surface area contributed by atoms with Crippen molar-refractivity contribution in [1.82, 2.24) is 4.98 Å². The third-order valence-corrected chi connectivity index (χ3v) is 5.66. The molecule has 4 aromatic rings. The summed E-state index contributed by atoms with van der Waals surface area (Å²) >= 11 is 2.80. The Hall–Kier alpha value is -3.49. The molecule has 0 amide bonds. The minimum absolute atomic E-state index is 0.355. The van der Waals surface area contributed by atoms with Gasteiger partial charge in [-0.3, -0.25) is 5.43 Å². The standard InChI is InChI=1S/C22H17N3O3S2/c1-27-19-12-15(9-10-18(19)28-21(26)20-8-5-11-29-20)13-23-25-22-24-17(14-30-22)16-6-3-2-4-7-16/h2-14H,1H3,(H,24,25). The predicted octanol–water partition coefficient (Wildman–Crippen LogP) is 5.55. The van der Waals surface area contributed by atoms with Gasteiger partial charge in [-0.1, -0.05) is 36.4 Å². The van der Waals surface area contributed by atoms with E-state index in [0.717, 1.165) is 16.8 Å². The Morgan fingerprint density at radius 3 is 2.70 bits per heavy atom. The van der Waals surface area contributed by atoms with E-state index in [1.807, 2.05) is 41.1 Å². The molecule has 0 bridgehead atoms. The van der Waals surface area contributed by atoms with Gasteiger partial charge in [0.15, 0.2) is 11.5 Å². The molecule has 0 atom stereocenters. The first-order valence-corrected chi connectivity index (χ1v) is 10.7. The molecule has 2 aromatic heterocycles. The quantitative estimate of drug-likeness (QED) is 0.178. The first kappa shape index (κ1) is 19.8. The van der Waals surface area contributed by atoms with Crippen molar-refractivity contribution >= 4 is 40.0 Å². The van der Waals surface area contributed by atoms with Gasteiger partial charge < -0.3 is 9.47 Å². The number of nitrogens with zero attached hydrogens (tertiary/aromatic N) is 2. The molecule has 0 saturated carbocycles. The van der Waals surface area contributed by atoms with Crippen LogP contribution in [0.15, 0.2) is 76.5 Å². The monoisotopic (exact) mass is 435 g/mol. The number of anilines is 1. The molecule has 4 rings (SSSR count). The predicted molar refractivity (Wildman–Crippen MR) is 121 cm³/mol. The molecule has 0 saturated heterocycles. The minimum atomic E-state index is -0.413. The van der Waals surface area contributed by atoms with Gasteiger partial charge >= 0.3 is 5.97 Å². The van der Waals surface area contributed by atoms with Gasteiger partial charge in [-0.15, -0.1) is 22.7 Å². The Labute approximate surface area is 181 Å². The molecular formula is C22H17N3O3S2. The summed E-state index contributed by atoms with van der Waals surface area (Å²) in [4.78, 5) is 17.2. The molecular weight excluding hydrogens is 418 g/mol. The zero-order valence-electron chi connectivity index (χ0n) is 15.9. The molecule has 0 aliphatic rings. The molecule has 0 radical (unpaired) electrons. The maximum Gasteiger partial charge on any atom is 0.353 e. The number of hydrazone groups is 1. The summed E-state index contributed by atoms with van der Waals surface area (Å²) in [5, 5.41) is 8.73. The van der Waals surface area contributed by atoms with Gasteiger partial charge in [0.05, 0.1) is 19.0 Å². The molecule has 6 nitrogen and oxygen atoms in total. The maximum absolute atomic E-state index is 12.2. The summed E-state index contributed by atoms with van der Waals surface area (Å²) < 4.78 is 10.8. The number of carbonyl (C=O) groups is 1. The van der Waals surface area contributed by atoms with Crippen LogP contribution in [-0.2, 0) is 0 Å². The van der Waals surface area contributed by atoms with Crippen molar-refractivity contribution in [2.75, 3.05) is 12.5 Å². The summed E-state index contributed by atoms with van der Waals surface area (Å²) in [6.45, 7) is 0. The number of esters is 1. The summed E-state index contributed by atoms with van der Waals surface area (Å²) in [5.41, 5.74) is 5.68. The van der Waals surface area contributed by atoms with Gasteiger partial charge in [-0.25, -0.2) is 9.78 Å². The molecule has 0 spiro atoms. The number of hydrogen-bond donors (Lipinski definition) is 1. The number of thiazole rings is 1. The van der Waals surface area contributed by atoms with Gasteiger partial charge in [0.25, 0.3) is 0 Å². The minimum Gasteiger partial charge on any atom is -0.493 e. The highest BCUT2D eigenvalue weighted by Crippen LogP contribution is 2.29. The highest BCUT2D eigenvalue weighted by atomic mass is 32.1. The topological polar surface area (TPSA) is 72.8 Å². The van der Waals surface area contributed by atoms with Gasteiger partial charge in [0.1, 0.15) is 4.88 Å². The molecule has 2 aromatic carbocycles. The Morgan fingerprint density at radius 2 is 1.93 bits per heavy atom. The summed E-state index contributed by atoms with van der Waals surface area (Å²) in [7, 11) is 1.53. The van der Waals surface area contributed by atoms with E-state index in [1.165, 1.54) is 29.8 Å². The largest absolute Gasteiger partial charge is 0.493 e. The number of nitrogens with one attached hydrogen (secondary N) is 1. The van der Waals surface area contributed by atoms with Crippen LogP contribution in [0.3, 0.4) is 0 Å². The third-order valence-electron chi connectivity index (χ3n) is 4.06. The lowest BCUT2D eigenvalue weighted by molar-refractivity contribution is 0.0735. The van der Waals surface area contributed by atoms with E-state index >= 15 is 0 Å². The van der Waals surface area contributed by atoms with Crippen LogP contribution >= 0.6 is 22.7 Å². The summed E-state index contributed by atoms with van der Waals surface area (Å²) in [5.74, 6) is 0.391. The van der Waals surface area contributed by atoms with Crippen LogP contribution in [0.1, 0.15) is 15.2 Å². The van der Waals surface area contributed by atoms with Gasteiger partial charge in [0.2, 0.25) is 5.13 Å². The van der Waals surface area contributed by atoms with E-state index in [0.29, 0.717) is 21.5 Å². The van der Waals surface area contributed by atoms with Crippen LogP contribution in [0.25, 0.3) is 11.3 Å². The van der Waals surface area contributed by atoms with Gasteiger partial charge in [-0.2, -0.15) is 5.10 Å². The van der Waals surface area contributed by atoms with Crippen molar-refractivity contribution in [3.05, 3.63) is 81.9 Å². The average molecular weight is 436 g/mol. The van der Waals surface area contributed by atoms with E-state index in [1.54, 1.807) is 36.5 Å². The van der Waals surface area contributed by atoms with E-state index in [2.05, 4.69) is 15.5 Å². The zero-order chi connectivity index (χ0) is 20.8. The SMILES string of the molecule is COc1cc(C=NNc2nc(-c3ccccc3)cs2)ccc1OC(=O)c1cccs1. The lowest BCUT2D eigenvalue weighted by atomic mass is 10.2. The summed E-state index contributed by atoms with van der Waals surface area (Å²) in [6, 6.07) is 18.7. The number of hydrogen-bond acceptors (Lipinski definition) is 8. The van der Waals surface area contributed by atoms with Crippen molar-refractivity contribution < 1.29 is 14.3 Å². The van der Waals surface area contributed by atoms with Crippen molar-refractivity contribution in [3.63, 3.8) is 0 Å². The Bertz CT molecular complexity index is 1160. The molecule has 30 heavy (non-hydrogen) atoms. The lowest BCUT2D eigenvalue weighted by Gasteiger charge is -2.09. The highest BCUT2D eigenvalue weighted by Gasteiger charge is 2.13. The van der Waals surface area contributed by atoms with Crippen LogP contribution in [0, 0.1) is 0 Å². The number of methoxy groups -OCH3 is 1. The fourth-order valence-corrected chi connectivity index (χ4v) is 3.89. The highest BCUT2D eigenvalue weighted by molar-refractivity contribution is 7.14. The number of benzene rings is 2. The van der Waals surface area contributed by atoms with Crippen LogP contribution in [0.2, 0.25) is 0 Å². The number of thiophene rings is 1. The third kappa shape index (κ3) is 4.73. The molecule has 0 unspecified atom stereocenters. The van der Waals surface area contributed by atoms with Crippen LogP contribution < -0.4 is 14.9 Å². The molecule has 0 aliphatic carbocycles. The van der Waals surface area contributed by atoms with Crippen LogP contribution in [0.5, 0.6) is 11.5 Å². The average Bonchev–Trinajstić information content (AvgIpc) is 3.48. The Kier molecular flexibility index (Phi) is 6.17. The second kappa shape index (κ2) is 9.34. The fourth-order valence-electron chi connectivity index (χ4n) is 2.62. The number of carbonyl (C=O) groups excluding carboxylic acids is 1. The number of aromatic nitrogens is 1. The van der Waals surface area contributed by atoms with Gasteiger partial charge in [0, 0.05) is 10.9 Å². The van der Waals surface area contributed by atoms with E-state index in [9.17, 15) is 4.79 Å². The lowest BCUT2D eigenvalue weighted by Crippen LogP contribution is -2.07. The first-order valence-electron chi connectivity index (χ1n) is 8.96. The van der Waals surface area contributed by atoms with Crippen molar-refractivity contribution in [3.8, 4) is 22.8 Å². The van der Waals surface area contributed by atoms with Crippen molar-refractivity contribution in [2.24, 2.45) is 5.10 Å². The summed E-state index contributed by atoms with van der Waals surface area (Å²) in [6.07, 6.45) is 1.65. The second-order valence-electron chi connectivity index (χ2n) is 6.05. The molecule has 2 heterocycles. The van der Waals surface area contributed by atoms with E-state index in [4.69, 9.17) is 9.47 Å². The fraction of sp³-hybridized carbons (Fsp3) is 0.0455. The maximum atomic E-state index is 12.2. The smallest absolute Gasteiger partial charge is 0.353 e. The van der Waals surface area contributed by atoms with Crippen LogP contribution in [0.4, 0.5) is 5.13 Å². The Morgan fingerprint density at radius 1 is 1.07 bits per heavy atom. The molecule has 0 aliphatic heterocycles. The second-order valence-corrected chi connectivity index (χ2v) is 7.86. The molecule has 1 N–H and O–H groups in total. The van der Waals surface area contributed by atoms with Crippen LogP contribution in [-0.4, -0.2) is 24.3 Å². The number of rotatable bonds is 7. The van der Waals surface area contributed by atoms with Gasteiger partial charge in [-0.05, 0) is 35.2 Å². The number of ether oxygens (including phenoxy) is 2. The molecule has 0 fully saturated rings. The zero-order valence-corrected chi connectivity index (χ0v) is 17.6. The molecule has 150 valence electrons. The van der Waals surface area contributed by atoms with E-state index in [-0.39, 0.29) is 0 Å². The Balaban J connectivity index is 1.41.